The lowest BCUT2D eigenvalue weighted by Gasteiger charge is -2.34. The van der Waals surface area contributed by atoms with E-state index in [1.54, 1.807) is 0 Å². The number of hydrogen-bond donors (Lipinski definition) is 1. The van der Waals surface area contributed by atoms with Gasteiger partial charge >= 0.3 is 0 Å². The van der Waals surface area contributed by atoms with Crippen molar-refractivity contribution in [1.82, 2.24) is 20.0 Å². The molecule has 0 unspecified atom stereocenters. The number of H-pyrrole nitrogens is 1. The van der Waals surface area contributed by atoms with E-state index in [0.29, 0.717) is 6.04 Å². The van der Waals surface area contributed by atoms with E-state index >= 15 is 0 Å². The first-order valence-electron chi connectivity index (χ1n) is 8.33. The lowest BCUT2D eigenvalue weighted by atomic mass is 10.0. The summed E-state index contributed by atoms with van der Waals surface area (Å²) in [5.41, 5.74) is 4.38. The minimum Gasteiger partial charge on any atom is -0.361 e. The maximum Gasteiger partial charge on any atom is 0.138 e. The molecule has 1 saturated heterocycles. The van der Waals surface area contributed by atoms with Gasteiger partial charge in [0.1, 0.15) is 11.6 Å². The average Bonchev–Trinajstić information content (AvgIpc) is 3.13. The Morgan fingerprint density at radius 3 is 2.91 bits per heavy atom. The number of imidazole rings is 1. The van der Waals surface area contributed by atoms with Gasteiger partial charge in [-0.15, -0.1) is 0 Å². The molecule has 1 fully saturated rings. The van der Waals surface area contributed by atoms with E-state index in [1.807, 2.05) is 26.0 Å². The number of piperidine rings is 1. The van der Waals surface area contributed by atoms with Crippen LogP contribution in [0.15, 0.2) is 28.8 Å². The SMILES string of the molecule is Cc1noc(C)c1CN1CCCC[C@H]1c1nc2ccccc2[nH]1. The molecule has 1 aromatic carbocycles. The number of benzene rings is 1. The topological polar surface area (TPSA) is 58.0 Å². The van der Waals surface area contributed by atoms with Crippen LogP contribution in [0.3, 0.4) is 0 Å². The molecule has 0 saturated carbocycles. The summed E-state index contributed by atoms with van der Waals surface area (Å²) in [5.74, 6) is 2.01. The number of likely N-dealkylation sites (tertiary alicyclic amines) is 1. The third-order valence-corrected chi connectivity index (χ3v) is 4.88. The molecule has 23 heavy (non-hydrogen) atoms. The molecule has 4 rings (SSSR count). The van der Waals surface area contributed by atoms with Gasteiger partial charge in [-0.1, -0.05) is 23.7 Å². The molecule has 0 spiro atoms. The number of para-hydroxylation sites is 2. The van der Waals surface area contributed by atoms with Gasteiger partial charge in [-0.3, -0.25) is 4.90 Å². The van der Waals surface area contributed by atoms with Gasteiger partial charge in [-0.05, 0) is 45.4 Å². The number of aryl methyl sites for hydroxylation is 2. The van der Waals surface area contributed by atoms with Crippen LogP contribution in [0.2, 0.25) is 0 Å². The van der Waals surface area contributed by atoms with E-state index in [9.17, 15) is 0 Å². The van der Waals surface area contributed by atoms with E-state index in [-0.39, 0.29) is 0 Å². The van der Waals surface area contributed by atoms with Gasteiger partial charge in [-0.2, -0.15) is 0 Å². The van der Waals surface area contributed by atoms with E-state index < -0.39 is 0 Å². The van der Waals surface area contributed by atoms with Crippen molar-refractivity contribution in [3.05, 3.63) is 47.1 Å². The van der Waals surface area contributed by atoms with Gasteiger partial charge in [-0.25, -0.2) is 4.98 Å². The predicted molar refractivity (Wildman–Crippen MR) is 89.1 cm³/mol. The highest BCUT2D eigenvalue weighted by atomic mass is 16.5. The van der Waals surface area contributed by atoms with Crippen molar-refractivity contribution in [3.63, 3.8) is 0 Å². The quantitative estimate of drug-likeness (QED) is 0.797. The Morgan fingerprint density at radius 1 is 1.26 bits per heavy atom. The molecule has 1 aliphatic heterocycles. The summed E-state index contributed by atoms with van der Waals surface area (Å²) < 4.78 is 5.33. The minimum atomic E-state index is 0.338. The molecular weight excluding hydrogens is 288 g/mol. The zero-order valence-corrected chi connectivity index (χ0v) is 13.7. The summed E-state index contributed by atoms with van der Waals surface area (Å²) in [6.45, 7) is 5.98. The summed E-state index contributed by atoms with van der Waals surface area (Å²) in [5, 5.41) is 4.09. The summed E-state index contributed by atoms with van der Waals surface area (Å²) in [4.78, 5) is 10.8. The zero-order valence-electron chi connectivity index (χ0n) is 13.7. The first-order chi connectivity index (χ1) is 11.2. The monoisotopic (exact) mass is 310 g/mol. The number of nitrogens with zero attached hydrogens (tertiary/aromatic N) is 3. The van der Waals surface area contributed by atoms with Crippen LogP contribution in [-0.2, 0) is 6.54 Å². The van der Waals surface area contributed by atoms with Crippen molar-refractivity contribution in [2.24, 2.45) is 0 Å². The van der Waals surface area contributed by atoms with Gasteiger partial charge in [0.25, 0.3) is 0 Å². The zero-order chi connectivity index (χ0) is 15.8. The Labute approximate surface area is 135 Å². The molecule has 0 aliphatic carbocycles. The summed E-state index contributed by atoms with van der Waals surface area (Å²) >= 11 is 0. The lowest BCUT2D eigenvalue weighted by molar-refractivity contribution is 0.134. The fourth-order valence-electron chi connectivity index (χ4n) is 3.55. The Morgan fingerprint density at radius 2 is 2.13 bits per heavy atom. The molecule has 0 bridgehead atoms. The van der Waals surface area contributed by atoms with Crippen LogP contribution in [0.1, 0.15) is 48.1 Å². The second kappa shape index (κ2) is 5.81. The van der Waals surface area contributed by atoms with Crippen LogP contribution >= 0.6 is 0 Å². The maximum absolute atomic E-state index is 5.33. The number of aromatic nitrogens is 3. The van der Waals surface area contributed by atoms with Gasteiger partial charge in [0.05, 0.1) is 22.8 Å². The molecular formula is C18H22N4O. The average molecular weight is 310 g/mol. The molecule has 5 heteroatoms. The Kier molecular flexibility index (Phi) is 3.65. The van der Waals surface area contributed by atoms with Crippen molar-refractivity contribution >= 4 is 11.0 Å². The van der Waals surface area contributed by atoms with Crippen molar-refractivity contribution in [3.8, 4) is 0 Å². The van der Waals surface area contributed by atoms with Crippen LogP contribution < -0.4 is 0 Å². The predicted octanol–water partition coefficient (Wildman–Crippen LogP) is 3.89. The van der Waals surface area contributed by atoms with Crippen molar-refractivity contribution in [1.29, 1.82) is 0 Å². The second-order valence-electron chi connectivity index (χ2n) is 6.42. The molecule has 3 heterocycles. The fraction of sp³-hybridized carbons (Fsp3) is 0.444. The standard InChI is InChI=1S/C18H22N4O/c1-12-14(13(2)23-21-12)11-22-10-6-5-9-17(22)18-19-15-7-3-4-8-16(15)20-18/h3-4,7-8,17H,5-6,9-11H2,1-2H3,(H,19,20)/t17-/m0/s1. The largest absolute Gasteiger partial charge is 0.361 e. The Hall–Kier alpha value is -2.14. The van der Waals surface area contributed by atoms with Crippen LogP contribution in [-0.4, -0.2) is 26.6 Å². The highest BCUT2D eigenvalue weighted by molar-refractivity contribution is 5.74. The van der Waals surface area contributed by atoms with Crippen molar-refractivity contribution in [2.45, 2.75) is 45.7 Å². The van der Waals surface area contributed by atoms with Crippen LogP contribution in [0.25, 0.3) is 11.0 Å². The molecule has 3 aromatic rings. The van der Waals surface area contributed by atoms with Crippen LogP contribution in [0, 0.1) is 13.8 Å². The van der Waals surface area contributed by atoms with Crippen LogP contribution in [0.5, 0.6) is 0 Å². The van der Waals surface area contributed by atoms with E-state index in [4.69, 9.17) is 9.51 Å². The van der Waals surface area contributed by atoms with Gasteiger partial charge in [0.2, 0.25) is 0 Å². The number of hydrogen-bond acceptors (Lipinski definition) is 4. The molecule has 120 valence electrons. The summed E-state index contributed by atoms with van der Waals surface area (Å²) in [6, 6.07) is 8.58. The van der Waals surface area contributed by atoms with E-state index in [1.165, 1.54) is 18.4 Å². The Balaban J connectivity index is 1.65. The third-order valence-electron chi connectivity index (χ3n) is 4.88. The molecule has 1 aliphatic rings. The third kappa shape index (κ3) is 2.65. The molecule has 1 N–H and O–H groups in total. The van der Waals surface area contributed by atoms with Gasteiger partial charge in [0, 0.05) is 12.1 Å². The highest BCUT2D eigenvalue weighted by Gasteiger charge is 2.28. The Bertz CT molecular complexity index is 767. The molecule has 0 radical (unpaired) electrons. The van der Waals surface area contributed by atoms with Crippen molar-refractivity contribution < 1.29 is 4.52 Å². The van der Waals surface area contributed by atoms with Gasteiger partial charge < -0.3 is 9.51 Å². The number of fused-ring (bicyclic) bond motifs is 1. The van der Waals surface area contributed by atoms with E-state index in [2.05, 4.69) is 27.2 Å². The van der Waals surface area contributed by atoms with Crippen molar-refractivity contribution in [2.75, 3.05) is 6.54 Å². The normalized spacial score (nSPS) is 19.5. The smallest absolute Gasteiger partial charge is 0.138 e. The fourth-order valence-corrected chi connectivity index (χ4v) is 3.55. The first-order valence-corrected chi connectivity index (χ1v) is 8.33. The maximum atomic E-state index is 5.33. The molecule has 0 amide bonds. The number of nitrogens with one attached hydrogen (secondary N) is 1. The summed E-state index contributed by atoms with van der Waals surface area (Å²) in [6.07, 6.45) is 3.63. The van der Waals surface area contributed by atoms with E-state index in [0.717, 1.165) is 47.8 Å². The molecule has 5 nitrogen and oxygen atoms in total. The van der Waals surface area contributed by atoms with Crippen LogP contribution in [0.4, 0.5) is 0 Å². The van der Waals surface area contributed by atoms with Gasteiger partial charge in [0.15, 0.2) is 0 Å². The minimum absolute atomic E-state index is 0.338. The first kappa shape index (κ1) is 14.5. The molecule has 2 aromatic heterocycles. The second-order valence-corrected chi connectivity index (χ2v) is 6.42. The summed E-state index contributed by atoms with van der Waals surface area (Å²) in [7, 11) is 0. The number of rotatable bonds is 3. The highest BCUT2D eigenvalue weighted by Crippen LogP contribution is 2.32. The molecule has 1 atom stereocenters. The lowest BCUT2D eigenvalue weighted by Crippen LogP contribution is -2.33. The number of aromatic amines is 1.